The molecule has 1 aromatic carbocycles. The van der Waals surface area contributed by atoms with Crippen molar-refractivity contribution >= 4 is 11.8 Å². The maximum Gasteiger partial charge on any atom is 0.274 e. The Hall–Kier alpha value is -3.23. The number of aromatic nitrogens is 1. The number of hydrogen-bond donors (Lipinski definition) is 2. The minimum Gasteiger partial charge on any atom is -0.503 e. The summed E-state index contributed by atoms with van der Waals surface area (Å²) in [5.41, 5.74) is -1.40. The minimum atomic E-state index is -0.986. The van der Waals surface area contributed by atoms with Crippen LogP contribution in [0.2, 0.25) is 0 Å². The van der Waals surface area contributed by atoms with Gasteiger partial charge in [0.2, 0.25) is 5.43 Å². The van der Waals surface area contributed by atoms with Gasteiger partial charge in [-0.15, -0.1) is 0 Å². The molecule has 1 fully saturated rings. The maximum absolute atomic E-state index is 14.1. The number of hydrogen-bond acceptors (Lipinski definition) is 4. The first-order valence-electron chi connectivity index (χ1n) is 10.7. The van der Waals surface area contributed by atoms with E-state index in [1.54, 1.807) is 11.8 Å². The second kappa shape index (κ2) is 8.37. The topological polar surface area (TPSA) is 91.6 Å². The van der Waals surface area contributed by atoms with Gasteiger partial charge in [0.25, 0.3) is 11.8 Å². The summed E-state index contributed by atoms with van der Waals surface area (Å²) in [5, 5.41) is 12.9. The molecule has 3 heterocycles. The fourth-order valence-corrected chi connectivity index (χ4v) is 4.69. The number of pyridine rings is 1. The fraction of sp³-hybridized carbons (Fsp3) is 0.435. The van der Waals surface area contributed by atoms with Gasteiger partial charge in [-0.2, -0.15) is 0 Å². The van der Waals surface area contributed by atoms with Crippen LogP contribution in [0.25, 0.3) is 0 Å². The van der Waals surface area contributed by atoms with E-state index in [9.17, 15) is 28.3 Å². The molecule has 9 heteroatoms. The Balaban J connectivity index is 1.67. The van der Waals surface area contributed by atoms with Crippen LogP contribution in [0, 0.1) is 18.6 Å². The molecule has 2 aromatic rings. The van der Waals surface area contributed by atoms with Gasteiger partial charge < -0.3 is 19.9 Å². The van der Waals surface area contributed by atoms with Crippen molar-refractivity contribution < 1.29 is 23.5 Å². The van der Waals surface area contributed by atoms with E-state index in [0.29, 0.717) is 12.1 Å². The molecule has 2 N–H and O–H groups in total. The number of aromatic hydroxyl groups is 1. The van der Waals surface area contributed by atoms with Crippen LogP contribution in [0.4, 0.5) is 8.78 Å². The van der Waals surface area contributed by atoms with Gasteiger partial charge in [0, 0.05) is 30.9 Å². The molecule has 1 aromatic heterocycles. The summed E-state index contributed by atoms with van der Waals surface area (Å²) in [6.07, 6.45) is 4.49. The highest BCUT2D eigenvalue weighted by Crippen LogP contribution is 2.34. The van der Waals surface area contributed by atoms with Gasteiger partial charge in [-0.3, -0.25) is 14.4 Å². The van der Waals surface area contributed by atoms with E-state index in [4.69, 9.17) is 0 Å². The third-order valence-corrected chi connectivity index (χ3v) is 6.42. The van der Waals surface area contributed by atoms with Crippen molar-refractivity contribution in [3.8, 4) is 5.75 Å². The summed E-state index contributed by atoms with van der Waals surface area (Å²) in [6, 6.07) is 2.16. The molecule has 0 saturated carbocycles. The predicted octanol–water partition coefficient (Wildman–Crippen LogP) is 3.03. The highest BCUT2D eigenvalue weighted by molar-refractivity contribution is 5.99. The molecule has 7 nitrogen and oxygen atoms in total. The number of halogens is 2. The first kappa shape index (κ1) is 22.0. The summed E-state index contributed by atoms with van der Waals surface area (Å²) in [4.78, 5) is 40.2. The molecule has 2 aliphatic rings. The summed E-state index contributed by atoms with van der Waals surface area (Å²) >= 11 is 0. The fourth-order valence-electron chi connectivity index (χ4n) is 4.69. The maximum atomic E-state index is 14.1. The highest BCUT2D eigenvalue weighted by Gasteiger charge is 2.39. The number of benzene rings is 1. The number of aryl methyl sites for hydroxylation is 1. The number of carbonyl (C=O) groups is 2. The van der Waals surface area contributed by atoms with Crippen molar-refractivity contribution in [2.75, 3.05) is 6.54 Å². The van der Waals surface area contributed by atoms with Gasteiger partial charge in [-0.05, 0) is 50.3 Å². The van der Waals surface area contributed by atoms with E-state index in [2.05, 4.69) is 5.32 Å². The standard InChI is InChI=1S/C23H25F2N3O4/c1-3-13-5-4-6-14-10-28(13)23(32)19-21(30)20(29)16(11-27(14)19)22(31)26-9-15-17(24)7-12(2)8-18(15)25/h7-8,11,13-14,30H,3-6,9-10H2,1-2H3,(H,26,31). The van der Waals surface area contributed by atoms with Crippen LogP contribution in [0.5, 0.6) is 5.75 Å². The third-order valence-electron chi connectivity index (χ3n) is 6.42. The van der Waals surface area contributed by atoms with Crippen LogP contribution in [0.15, 0.2) is 23.1 Å². The molecule has 0 radical (unpaired) electrons. The second-order valence-corrected chi connectivity index (χ2v) is 8.47. The molecule has 170 valence electrons. The average Bonchev–Trinajstić information content (AvgIpc) is 2.93. The molecule has 2 atom stereocenters. The molecule has 32 heavy (non-hydrogen) atoms. The number of rotatable bonds is 4. The van der Waals surface area contributed by atoms with Crippen LogP contribution in [0.3, 0.4) is 0 Å². The lowest BCUT2D eigenvalue weighted by Gasteiger charge is -2.38. The van der Waals surface area contributed by atoms with Crippen molar-refractivity contribution in [1.82, 2.24) is 14.8 Å². The van der Waals surface area contributed by atoms with Gasteiger partial charge >= 0.3 is 0 Å². The Labute approximate surface area is 183 Å². The van der Waals surface area contributed by atoms with Gasteiger partial charge in [0.1, 0.15) is 17.2 Å². The Morgan fingerprint density at radius 1 is 1.22 bits per heavy atom. The number of nitrogens with one attached hydrogen (secondary N) is 1. The molecular formula is C23H25F2N3O4. The molecule has 2 unspecified atom stereocenters. The molecule has 1 saturated heterocycles. The number of amides is 2. The Morgan fingerprint density at radius 2 is 1.91 bits per heavy atom. The Bertz CT molecular complexity index is 1140. The molecule has 2 amide bonds. The van der Waals surface area contributed by atoms with Crippen molar-refractivity contribution in [3.05, 3.63) is 62.6 Å². The van der Waals surface area contributed by atoms with Crippen molar-refractivity contribution in [1.29, 1.82) is 0 Å². The van der Waals surface area contributed by atoms with Crippen LogP contribution in [0.1, 0.15) is 70.6 Å². The van der Waals surface area contributed by atoms with Gasteiger partial charge in [0.05, 0.1) is 6.04 Å². The summed E-state index contributed by atoms with van der Waals surface area (Å²) < 4.78 is 29.7. The molecule has 0 spiro atoms. The van der Waals surface area contributed by atoms with E-state index in [1.165, 1.54) is 10.8 Å². The molecule has 2 aliphatic heterocycles. The van der Waals surface area contributed by atoms with Crippen LogP contribution >= 0.6 is 0 Å². The van der Waals surface area contributed by atoms with Crippen molar-refractivity contribution in [3.63, 3.8) is 0 Å². The lowest BCUT2D eigenvalue weighted by Crippen LogP contribution is -2.48. The van der Waals surface area contributed by atoms with E-state index in [-0.39, 0.29) is 28.9 Å². The number of fused-ring (bicyclic) bond motifs is 4. The van der Waals surface area contributed by atoms with E-state index in [1.807, 2.05) is 6.92 Å². The monoisotopic (exact) mass is 445 g/mol. The lowest BCUT2D eigenvalue weighted by molar-refractivity contribution is 0.0583. The van der Waals surface area contributed by atoms with E-state index in [0.717, 1.165) is 37.8 Å². The van der Waals surface area contributed by atoms with Gasteiger partial charge in [0.15, 0.2) is 11.4 Å². The van der Waals surface area contributed by atoms with Crippen LogP contribution < -0.4 is 10.7 Å². The van der Waals surface area contributed by atoms with E-state index < -0.39 is 41.2 Å². The normalized spacial score (nSPS) is 20.0. The molecular weight excluding hydrogens is 420 g/mol. The lowest BCUT2D eigenvalue weighted by atomic mass is 10.1. The van der Waals surface area contributed by atoms with Crippen molar-refractivity contribution in [2.45, 2.75) is 58.2 Å². The molecule has 0 aliphatic carbocycles. The largest absolute Gasteiger partial charge is 0.503 e. The number of nitrogens with zero attached hydrogens (tertiary/aromatic N) is 2. The molecule has 2 bridgehead atoms. The van der Waals surface area contributed by atoms with Gasteiger partial charge in [-0.25, -0.2) is 8.78 Å². The Morgan fingerprint density at radius 3 is 2.56 bits per heavy atom. The highest BCUT2D eigenvalue weighted by atomic mass is 19.1. The van der Waals surface area contributed by atoms with Crippen molar-refractivity contribution in [2.24, 2.45) is 0 Å². The quantitative estimate of drug-likeness (QED) is 0.757. The summed E-state index contributed by atoms with van der Waals surface area (Å²) in [5.74, 6) is -3.69. The smallest absolute Gasteiger partial charge is 0.274 e. The third kappa shape index (κ3) is 3.65. The minimum absolute atomic E-state index is 0.0398. The van der Waals surface area contributed by atoms with E-state index >= 15 is 0 Å². The predicted molar refractivity (Wildman–Crippen MR) is 113 cm³/mol. The van der Waals surface area contributed by atoms with Crippen LogP contribution in [-0.4, -0.2) is 39.0 Å². The second-order valence-electron chi connectivity index (χ2n) is 8.47. The SMILES string of the molecule is CCC1CCCC2CN1C(=O)c1c(O)c(=O)c(C(=O)NCc3c(F)cc(C)cc3F)cn12. The van der Waals surface area contributed by atoms with Gasteiger partial charge in [-0.1, -0.05) is 6.92 Å². The summed E-state index contributed by atoms with van der Waals surface area (Å²) in [6.45, 7) is 3.51. The first-order valence-corrected chi connectivity index (χ1v) is 10.7. The van der Waals surface area contributed by atoms with Crippen LogP contribution in [-0.2, 0) is 6.54 Å². The molecule has 4 rings (SSSR count). The first-order chi connectivity index (χ1) is 15.2. The Kier molecular flexibility index (Phi) is 5.75. The zero-order valence-electron chi connectivity index (χ0n) is 18.0. The number of carbonyl (C=O) groups excluding carboxylic acids is 2. The summed E-state index contributed by atoms with van der Waals surface area (Å²) in [7, 11) is 0. The zero-order valence-corrected chi connectivity index (χ0v) is 18.0. The average molecular weight is 445 g/mol. The zero-order chi connectivity index (χ0) is 23.2.